The molecule has 0 heterocycles. The monoisotopic (exact) mass is 394 g/mol. The fourth-order valence-corrected chi connectivity index (χ4v) is 3.44. The summed E-state index contributed by atoms with van der Waals surface area (Å²) in [6.45, 7) is 3.81. The summed E-state index contributed by atoms with van der Waals surface area (Å²) >= 11 is 6.07. The van der Waals surface area contributed by atoms with Crippen molar-refractivity contribution in [1.29, 1.82) is 5.26 Å². The SMILES string of the molecule is CC(C)C(=O)c1ccc(N=C2CCC(Oc3ccc(C#N)c(Cl)c3)CC2)cc1. The lowest BCUT2D eigenvalue weighted by Gasteiger charge is -2.24. The number of nitrogens with zero attached hydrogens (tertiary/aromatic N) is 2. The molecule has 0 spiro atoms. The normalized spacial score (nSPS) is 16.5. The number of hydrogen-bond donors (Lipinski definition) is 0. The van der Waals surface area contributed by atoms with Gasteiger partial charge in [0.2, 0.25) is 0 Å². The van der Waals surface area contributed by atoms with E-state index in [1.54, 1.807) is 18.2 Å². The number of halogens is 1. The molecule has 0 aliphatic heterocycles. The average Bonchev–Trinajstić information content (AvgIpc) is 2.69. The van der Waals surface area contributed by atoms with Gasteiger partial charge in [0.05, 0.1) is 22.4 Å². The smallest absolute Gasteiger partial charge is 0.165 e. The van der Waals surface area contributed by atoms with Crippen LogP contribution in [-0.2, 0) is 0 Å². The Hall–Kier alpha value is -2.64. The minimum atomic E-state index is -0.00146. The highest BCUT2D eigenvalue weighted by molar-refractivity contribution is 6.31. The van der Waals surface area contributed by atoms with Crippen LogP contribution in [0.5, 0.6) is 5.75 Å². The standard InChI is InChI=1S/C23H23ClN2O2/c1-15(2)23(27)16-3-6-18(7-4-16)26-19-8-11-20(12-9-19)28-21-10-5-17(14-25)22(24)13-21/h3-7,10,13,15,20H,8-9,11-12H2,1-2H3. The first-order chi connectivity index (χ1) is 13.5. The van der Waals surface area contributed by atoms with E-state index in [0.717, 1.165) is 42.6 Å². The lowest BCUT2D eigenvalue weighted by atomic mass is 9.95. The topological polar surface area (TPSA) is 62.4 Å². The van der Waals surface area contributed by atoms with Crippen molar-refractivity contribution < 1.29 is 9.53 Å². The summed E-state index contributed by atoms with van der Waals surface area (Å²) in [7, 11) is 0. The van der Waals surface area contributed by atoms with Crippen molar-refractivity contribution in [3.8, 4) is 11.8 Å². The molecule has 28 heavy (non-hydrogen) atoms. The largest absolute Gasteiger partial charge is 0.490 e. The van der Waals surface area contributed by atoms with Crippen molar-refractivity contribution in [3.63, 3.8) is 0 Å². The zero-order valence-electron chi connectivity index (χ0n) is 16.1. The molecule has 4 nitrogen and oxygen atoms in total. The van der Waals surface area contributed by atoms with Crippen molar-refractivity contribution >= 4 is 28.8 Å². The van der Waals surface area contributed by atoms with Crippen LogP contribution in [0.4, 0.5) is 5.69 Å². The Morgan fingerprint density at radius 1 is 1.18 bits per heavy atom. The van der Waals surface area contributed by atoms with Crippen LogP contribution in [-0.4, -0.2) is 17.6 Å². The van der Waals surface area contributed by atoms with Crippen LogP contribution in [0.25, 0.3) is 0 Å². The second-order valence-electron chi connectivity index (χ2n) is 7.31. The quantitative estimate of drug-likeness (QED) is 0.571. The summed E-state index contributed by atoms with van der Waals surface area (Å²) in [4.78, 5) is 16.7. The minimum Gasteiger partial charge on any atom is -0.490 e. The third-order valence-electron chi connectivity index (χ3n) is 4.84. The highest BCUT2D eigenvalue weighted by atomic mass is 35.5. The summed E-state index contributed by atoms with van der Waals surface area (Å²) in [5.41, 5.74) is 3.22. The van der Waals surface area contributed by atoms with E-state index in [9.17, 15) is 4.79 Å². The van der Waals surface area contributed by atoms with E-state index in [-0.39, 0.29) is 17.8 Å². The van der Waals surface area contributed by atoms with Gasteiger partial charge >= 0.3 is 0 Å². The lowest BCUT2D eigenvalue weighted by Crippen LogP contribution is -2.24. The van der Waals surface area contributed by atoms with Crippen LogP contribution in [0.2, 0.25) is 5.02 Å². The average molecular weight is 395 g/mol. The number of rotatable bonds is 5. The number of benzene rings is 2. The molecule has 0 saturated heterocycles. The highest BCUT2D eigenvalue weighted by Crippen LogP contribution is 2.27. The third kappa shape index (κ3) is 4.99. The lowest BCUT2D eigenvalue weighted by molar-refractivity contribution is 0.0939. The molecular weight excluding hydrogens is 372 g/mol. The Labute approximate surface area is 170 Å². The molecule has 144 valence electrons. The van der Waals surface area contributed by atoms with E-state index in [1.165, 1.54) is 0 Å². The van der Waals surface area contributed by atoms with Gasteiger partial charge in [-0.2, -0.15) is 5.26 Å². The summed E-state index contributed by atoms with van der Waals surface area (Å²) < 4.78 is 6.01. The molecule has 0 bridgehead atoms. The number of ether oxygens (including phenoxy) is 1. The molecule has 0 radical (unpaired) electrons. The van der Waals surface area contributed by atoms with Crippen LogP contribution < -0.4 is 4.74 Å². The third-order valence-corrected chi connectivity index (χ3v) is 5.15. The first kappa shape index (κ1) is 20.1. The summed E-state index contributed by atoms with van der Waals surface area (Å²) in [5.74, 6) is 0.845. The Bertz CT molecular complexity index is 917. The number of ketones is 1. The second-order valence-corrected chi connectivity index (χ2v) is 7.72. The van der Waals surface area contributed by atoms with Gasteiger partial charge in [0.15, 0.2) is 5.78 Å². The van der Waals surface area contributed by atoms with Crippen LogP contribution in [0.3, 0.4) is 0 Å². The van der Waals surface area contributed by atoms with E-state index in [4.69, 9.17) is 26.6 Å². The van der Waals surface area contributed by atoms with E-state index in [0.29, 0.717) is 16.3 Å². The Morgan fingerprint density at radius 2 is 1.86 bits per heavy atom. The van der Waals surface area contributed by atoms with Gasteiger partial charge in [-0.25, -0.2) is 0 Å². The maximum Gasteiger partial charge on any atom is 0.165 e. The van der Waals surface area contributed by atoms with E-state index in [1.807, 2.05) is 44.2 Å². The van der Waals surface area contributed by atoms with E-state index < -0.39 is 0 Å². The van der Waals surface area contributed by atoms with Crippen molar-refractivity contribution in [2.24, 2.45) is 10.9 Å². The predicted molar refractivity (Wildman–Crippen MR) is 112 cm³/mol. The van der Waals surface area contributed by atoms with E-state index >= 15 is 0 Å². The van der Waals surface area contributed by atoms with Crippen molar-refractivity contribution in [1.82, 2.24) is 0 Å². The molecule has 3 rings (SSSR count). The first-order valence-electron chi connectivity index (χ1n) is 9.53. The van der Waals surface area contributed by atoms with Gasteiger partial charge in [-0.05, 0) is 62.1 Å². The zero-order valence-corrected chi connectivity index (χ0v) is 16.9. The van der Waals surface area contributed by atoms with Gasteiger partial charge in [0, 0.05) is 23.3 Å². The van der Waals surface area contributed by atoms with Gasteiger partial charge in [0.1, 0.15) is 11.8 Å². The summed E-state index contributed by atoms with van der Waals surface area (Å²) in [5, 5.41) is 9.36. The molecule has 2 aromatic rings. The number of hydrogen-bond acceptors (Lipinski definition) is 4. The van der Waals surface area contributed by atoms with Gasteiger partial charge < -0.3 is 4.74 Å². The molecule has 5 heteroatoms. The molecule has 0 atom stereocenters. The molecular formula is C23H23ClN2O2. The van der Waals surface area contributed by atoms with Crippen molar-refractivity contribution in [2.75, 3.05) is 0 Å². The van der Waals surface area contributed by atoms with Crippen LogP contribution in [0, 0.1) is 17.2 Å². The summed E-state index contributed by atoms with van der Waals surface area (Å²) in [6.07, 6.45) is 3.65. The Kier molecular flexibility index (Phi) is 6.49. The number of Topliss-reactive ketones (excluding diaryl/α,β-unsaturated/α-hetero) is 1. The molecule has 0 aromatic heterocycles. The van der Waals surface area contributed by atoms with Crippen LogP contribution in [0.15, 0.2) is 47.5 Å². The maximum absolute atomic E-state index is 12.0. The highest BCUT2D eigenvalue weighted by Gasteiger charge is 2.19. The summed E-state index contributed by atoms with van der Waals surface area (Å²) in [6, 6.07) is 14.7. The van der Waals surface area contributed by atoms with Gasteiger partial charge in [-0.3, -0.25) is 9.79 Å². The fraction of sp³-hybridized carbons (Fsp3) is 0.348. The molecule has 1 fully saturated rings. The minimum absolute atomic E-state index is 0.00146. The predicted octanol–water partition coefficient (Wildman–Crippen LogP) is 6.14. The van der Waals surface area contributed by atoms with Gasteiger partial charge in [-0.1, -0.05) is 25.4 Å². The number of nitriles is 1. The fourth-order valence-electron chi connectivity index (χ4n) is 3.22. The Morgan fingerprint density at radius 3 is 2.43 bits per heavy atom. The number of aliphatic imine (C=N–C) groups is 1. The number of carbonyl (C=O) groups excluding carboxylic acids is 1. The molecule has 0 N–H and O–H groups in total. The molecule has 2 aromatic carbocycles. The van der Waals surface area contributed by atoms with Crippen LogP contribution >= 0.6 is 11.6 Å². The van der Waals surface area contributed by atoms with Gasteiger partial charge in [0.25, 0.3) is 0 Å². The maximum atomic E-state index is 12.0. The number of carbonyl (C=O) groups is 1. The first-order valence-corrected chi connectivity index (χ1v) is 9.91. The van der Waals surface area contributed by atoms with Crippen molar-refractivity contribution in [2.45, 2.75) is 45.6 Å². The molecule has 1 aliphatic carbocycles. The molecule has 1 aliphatic rings. The molecule has 1 saturated carbocycles. The second kappa shape index (κ2) is 9.03. The zero-order chi connectivity index (χ0) is 20.1. The Balaban J connectivity index is 1.57. The van der Waals surface area contributed by atoms with Gasteiger partial charge in [-0.15, -0.1) is 0 Å². The van der Waals surface area contributed by atoms with Crippen molar-refractivity contribution in [3.05, 3.63) is 58.6 Å². The van der Waals surface area contributed by atoms with E-state index in [2.05, 4.69) is 0 Å². The van der Waals surface area contributed by atoms with Crippen LogP contribution in [0.1, 0.15) is 55.5 Å². The molecule has 0 amide bonds. The molecule has 0 unspecified atom stereocenters.